The summed E-state index contributed by atoms with van der Waals surface area (Å²) in [6, 6.07) is 3.66. The van der Waals surface area contributed by atoms with Gasteiger partial charge >= 0.3 is 0 Å². The molecule has 1 amide bonds. The minimum atomic E-state index is -0.101. The van der Waals surface area contributed by atoms with Crippen LogP contribution in [0.4, 0.5) is 5.69 Å². The van der Waals surface area contributed by atoms with Crippen LogP contribution in [0.15, 0.2) is 18.3 Å². The lowest BCUT2D eigenvalue weighted by atomic mass is 9.85. The van der Waals surface area contributed by atoms with Gasteiger partial charge in [0.15, 0.2) is 0 Å². The Bertz CT molecular complexity index is 421. The van der Waals surface area contributed by atoms with E-state index in [0.29, 0.717) is 30.0 Å². The smallest absolute Gasteiger partial charge is 0.269 e. The van der Waals surface area contributed by atoms with E-state index in [-0.39, 0.29) is 5.91 Å². The summed E-state index contributed by atoms with van der Waals surface area (Å²) in [7, 11) is 0. The molecule has 20 heavy (non-hydrogen) atoms. The summed E-state index contributed by atoms with van der Waals surface area (Å²) in [6.07, 6.45) is 1.66. The molecule has 4 heteroatoms. The predicted molar refractivity (Wildman–Crippen MR) is 83.9 cm³/mol. The molecule has 1 heterocycles. The van der Waals surface area contributed by atoms with E-state index in [1.807, 2.05) is 13.0 Å². The van der Waals surface area contributed by atoms with E-state index < -0.39 is 0 Å². The van der Waals surface area contributed by atoms with E-state index in [4.69, 9.17) is 0 Å². The number of anilines is 1. The monoisotopic (exact) mass is 277 g/mol. The zero-order valence-corrected chi connectivity index (χ0v) is 13.2. The Morgan fingerprint density at radius 1 is 1.25 bits per heavy atom. The van der Waals surface area contributed by atoms with Gasteiger partial charge in [-0.05, 0) is 36.8 Å². The minimum absolute atomic E-state index is 0.101. The van der Waals surface area contributed by atoms with E-state index in [2.05, 4.69) is 43.3 Å². The van der Waals surface area contributed by atoms with Gasteiger partial charge < -0.3 is 10.6 Å². The molecule has 0 aromatic carbocycles. The van der Waals surface area contributed by atoms with Gasteiger partial charge in [0.25, 0.3) is 5.91 Å². The van der Waals surface area contributed by atoms with Gasteiger partial charge in [-0.3, -0.25) is 9.78 Å². The molecule has 2 N–H and O–H groups in total. The van der Waals surface area contributed by atoms with Gasteiger partial charge in [0.05, 0.1) is 0 Å². The van der Waals surface area contributed by atoms with Crippen molar-refractivity contribution in [3.8, 4) is 0 Å². The van der Waals surface area contributed by atoms with Crippen molar-refractivity contribution in [3.05, 3.63) is 24.0 Å². The van der Waals surface area contributed by atoms with Gasteiger partial charge in [-0.25, -0.2) is 0 Å². The van der Waals surface area contributed by atoms with Crippen LogP contribution in [-0.4, -0.2) is 24.0 Å². The molecule has 0 aliphatic carbocycles. The van der Waals surface area contributed by atoms with Crippen molar-refractivity contribution in [2.45, 2.75) is 34.6 Å². The molecule has 0 saturated carbocycles. The average molecular weight is 277 g/mol. The third kappa shape index (κ3) is 4.83. The Hall–Kier alpha value is -1.58. The second kappa shape index (κ2) is 7.88. The van der Waals surface area contributed by atoms with Crippen LogP contribution in [-0.2, 0) is 0 Å². The molecule has 4 nitrogen and oxygen atoms in total. The molecular weight excluding hydrogens is 250 g/mol. The van der Waals surface area contributed by atoms with Crippen molar-refractivity contribution in [1.29, 1.82) is 0 Å². The number of nitrogens with zero attached hydrogens (tertiary/aromatic N) is 1. The normalized spacial score (nSPS) is 11.2. The standard InChI is InChI=1S/C16H27N3O/c1-6-17-13-7-8-18-15(9-13)16(20)19-10-14(11(2)3)12(4)5/h7-9,11-12,14H,6,10H2,1-5H3,(H,17,18)(H,19,20). The average Bonchev–Trinajstić information content (AvgIpc) is 2.38. The molecule has 1 rings (SSSR count). The third-order valence-electron chi connectivity index (χ3n) is 3.58. The number of nitrogens with one attached hydrogen (secondary N) is 2. The van der Waals surface area contributed by atoms with Gasteiger partial charge in [0.1, 0.15) is 5.69 Å². The van der Waals surface area contributed by atoms with Crippen LogP contribution in [0.25, 0.3) is 0 Å². The van der Waals surface area contributed by atoms with Crippen LogP contribution in [0.5, 0.6) is 0 Å². The second-order valence-electron chi connectivity index (χ2n) is 5.82. The fourth-order valence-electron chi connectivity index (χ4n) is 2.41. The second-order valence-corrected chi connectivity index (χ2v) is 5.82. The molecule has 0 spiro atoms. The molecular formula is C16H27N3O. The van der Waals surface area contributed by atoms with Gasteiger partial charge in [-0.15, -0.1) is 0 Å². The fraction of sp³-hybridized carbons (Fsp3) is 0.625. The van der Waals surface area contributed by atoms with Crippen molar-refractivity contribution < 1.29 is 4.79 Å². The molecule has 0 fully saturated rings. The maximum absolute atomic E-state index is 12.1. The fourth-order valence-corrected chi connectivity index (χ4v) is 2.41. The number of amides is 1. The number of hydrogen-bond acceptors (Lipinski definition) is 3. The van der Waals surface area contributed by atoms with Crippen molar-refractivity contribution >= 4 is 11.6 Å². The maximum Gasteiger partial charge on any atom is 0.269 e. The van der Waals surface area contributed by atoms with E-state index in [1.54, 1.807) is 12.3 Å². The van der Waals surface area contributed by atoms with Crippen molar-refractivity contribution in [3.63, 3.8) is 0 Å². The number of aromatic nitrogens is 1. The lowest BCUT2D eigenvalue weighted by Crippen LogP contribution is -2.34. The molecule has 0 aliphatic rings. The summed E-state index contributed by atoms with van der Waals surface area (Å²) in [6.45, 7) is 12.3. The molecule has 0 bridgehead atoms. The summed E-state index contributed by atoms with van der Waals surface area (Å²) in [4.78, 5) is 16.3. The Morgan fingerprint density at radius 3 is 2.45 bits per heavy atom. The number of carbonyl (C=O) groups excluding carboxylic acids is 1. The Kier molecular flexibility index (Phi) is 6.49. The Labute approximate surface area is 122 Å². The number of rotatable bonds is 7. The van der Waals surface area contributed by atoms with Crippen LogP contribution in [0.3, 0.4) is 0 Å². The first kappa shape index (κ1) is 16.5. The SMILES string of the molecule is CCNc1ccnc(C(=O)NCC(C(C)C)C(C)C)c1. The largest absolute Gasteiger partial charge is 0.385 e. The summed E-state index contributed by atoms with van der Waals surface area (Å²) in [5, 5.41) is 6.19. The Morgan fingerprint density at radius 2 is 1.90 bits per heavy atom. The van der Waals surface area contributed by atoms with Crippen LogP contribution in [0.1, 0.15) is 45.1 Å². The molecule has 1 aromatic heterocycles. The summed E-state index contributed by atoms with van der Waals surface area (Å²) >= 11 is 0. The quantitative estimate of drug-likeness (QED) is 0.805. The molecule has 112 valence electrons. The third-order valence-corrected chi connectivity index (χ3v) is 3.58. The predicted octanol–water partition coefficient (Wildman–Crippen LogP) is 3.17. The first-order chi connectivity index (χ1) is 9.45. The van der Waals surface area contributed by atoms with Crippen LogP contribution >= 0.6 is 0 Å². The molecule has 0 radical (unpaired) electrons. The summed E-state index contributed by atoms with van der Waals surface area (Å²) in [5.41, 5.74) is 1.40. The highest BCUT2D eigenvalue weighted by Crippen LogP contribution is 2.19. The first-order valence-corrected chi connectivity index (χ1v) is 7.43. The number of hydrogen-bond donors (Lipinski definition) is 2. The highest BCUT2D eigenvalue weighted by atomic mass is 16.1. The van der Waals surface area contributed by atoms with Gasteiger partial charge in [-0.1, -0.05) is 27.7 Å². The van der Waals surface area contributed by atoms with Crippen LogP contribution < -0.4 is 10.6 Å². The van der Waals surface area contributed by atoms with E-state index in [1.165, 1.54) is 0 Å². The van der Waals surface area contributed by atoms with Gasteiger partial charge in [0, 0.05) is 25.0 Å². The Balaban J connectivity index is 2.64. The van der Waals surface area contributed by atoms with Crippen LogP contribution in [0, 0.1) is 17.8 Å². The zero-order valence-electron chi connectivity index (χ0n) is 13.2. The van der Waals surface area contributed by atoms with E-state index >= 15 is 0 Å². The van der Waals surface area contributed by atoms with Crippen molar-refractivity contribution in [2.24, 2.45) is 17.8 Å². The lowest BCUT2D eigenvalue weighted by Gasteiger charge is -2.25. The summed E-state index contributed by atoms with van der Waals surface area (Å²) < 4.78 is 0. The highest BCUT2D eigenvalue weighted by Gasteiger charge is 2.19. The minimum Gasteiger partial charge on any atom is -0.385 e. The maximum atomic E-state index is 12.1. The molecule has 0 atom stereocenters. The lowest BCUT2D eigenvalue weighted by molar-refractivity contribution is 0.0932. The number of pyridine rings is 1. The van der Waals surface area contributed by atoms with Crippen LogP contribution in [0.2, 0.25) is 0 Å². The first-order valence-electron chi connectivity index (χ1n) is 7.43. The molecule has 1 aromatic rings. The summed E-state index contributed by atoms with van der Waals surface area (Å²) in [5.74, 6) is 1.49. The zero-order chi connectivity index (χ0) is 15.1. The highest BCUT2D eigenvalue weighted by molar-refractivity contribution is 5.93. The van der Waals surface area contributed by atoms with Crippen molar-refractivity contribution in [1.82, 2.24) is 10.3 Å². The number of carbonyl (C=O) groups is 1. The van der Waals surface area contributed by atoms with Crippen molar-refractivity contribution in [2.75, 3.05) is 18.4 Å². The molecule has 0 saturated heterocycles. The topological polar surface area (TPSA) is 54.0 Å². The molecule has 0 aliphatic heterocycles. The van der Waals surface area contributed by atoms with Gasteiger partial charge in [0.2, 0.25) is 0 Å². The van der Waals surface area contributed by atoms with Gasteiger partial charge in [-0.2, -0.15) is 0 Å². The molecule has 0 unspecified atom stereocenters. The van der Waals surface area contributed by atoms with E-state index in [9.17, 15) is 4.79 Å². The van der Waals surface area contributed by atoms with E-state index in [0.717, 1.165) is 12.2 Å².